The van der Waals surface area contributed by atoms with Crippen molar-refractivity contribution in [2.45, 2.75) is 24.0 Å². The summed E-state index contributed by atoms with van der Waals surface area (Å²) in [6, 6.07) is 13.0. The number of aromatic nitrogens is 1. The molecule has 0 saturated heterocycles. The standard InChI is InChI=1S/C21H18BrF2NOS/c1-3-26-15-5-7-16(8-6-15)27-21(17-11-14(23)4-9-19(17)24)18-12-25-20(22)10-13(18)2/h4-12,21H,3H2,1-2H3. The number of rotatable bonds is 6. The highest BCUT2D eigenvalue weighted by molar-refractivity contribution is 9.10. The quantitative estimate of drug-likeness (QED) is 0.308. The van der Waals surface area contributed by atoms with Gasteiger partial charge in [-0.3, -0.25) is 0 Å². The highest BCUT2D eigenvalue weighted by Crippen LogP contribution is 2.43. The van der Waals surface area contributed by atoms with E-state index in [1.807, 2.05) is 44.2 Å². The molecule has 1 unspecified atom stereocenters. The van der Waals surface area contributed by atoms with E-state index in [4.69, 9.17) is 4.74 Å². The average Bonchev–Trinajstić information content (AvgIpc) is 2.64. The maximum atomic E-state index is 14.6. The number of aryl methyl sites for hydroxylation is 1. The molecule has 3 rings (SSSR count). The van der Waals surface area contributed by atoms with Gasteiger partial charge in [-0.15, -0.1) is 11.8 Å². The Bertz CT molecular complexity index is 934. The second-order valence-electron chi connectivity index (χ2n) is 5.93. The van der Waals surface area contributed by atoms with Gasteiger partial charge in [-0.25, -0.2) is 13.8 Å². The van der Waals surface area contributed by atoms with Gasteiger partial charge in [0.05, 0.1) is 11.9 Å². The number of hydrogen-bond acceptors (Lipinski definition) is 3. The third-order valence-corrected chi connectivity index (χ3v) is 5.75. The molecule has 140 valence electrons. The maximum absolute atomic E-state index is 14.6. The lowest BCUT2D eigenvalue weighted by Crippen LogP contribution is -2.04. The Morgan fingerprint density at radius 2 is 1.81 bits per heavy atom. The fraction of sp³-hybridized carbons (Fsp3) is 0.190. The summed E-state index contributed by atoms with van der Waals surface area (Å²) in [5.41, 5.74) is 2.08. The first-order chi connectivity index (χ1) is 13.0. The van der Waals surface area contributed by atoms with Crippen LogP contribution < -0.4 is 4.74 Å². The topological polar surface area (TPSA) is 22.1 Å². The number of hydrogen-bond donors (Lipinski definition) is 0. The lowest BCUT2D eigenvalue weighted by Gasteiger charge is -2.20. The number of pyridine rings is 1. The highest BCUT2D eigenvalue weighted by Gasteiger charge is 2.22. The molecule has 1 heterocycles. The van der Waals surface area contributed by atoms with Crippen molar-refractivity contribution >= 4 is 27.7 Å². The first-order valence-corrected chi connectivity index (χ1v) is 10.1. The van der Waals surface area contributed by atoms with Gasteiger partial charge in [0, 0.05) is 16.7 Å². The predicted octanol–water partition coefficient (Wildman–Crippen LogP) is 6.71. The van der Waals surface area contributed by atoms with E-state index in [9.17, 15) is 8.78 Å². The van der Waals surface area contributed by atoms with Crippen LogP contribution in [0.3, 0.4) is 0 Å². The zero-order valence-corrected chi connectivity index (χ0v) is 17.3. The summed E-state index contributed by atoms with van der Waals surface area (Å²) in [4.78, 5) is 5.21. The Morgan fingerprint density at radius 1 is 1.07 bits per heavy atom. The predicted molar refractivity (Wildman–Crippen MR) is 108 cm³/mol. The van der Waals surface area contributed by atoms with Crippen molar-refractivity contribution in [3.63, 3.8) is 0 Å². The number of thioether (sulfide) groups is 1. The molecule has 2 nitrogen and oxygen atoms in total. The summed E-state index contributed by atoms with van der Waals surface area (Å²) in [5.74, 6) is -0.134. The molecule has 0 N–H and O–H groups in total. The van der Waals surface area contributed by atoms with Gasteiger partial charge in [0.15, 0.2) is 0 Å². The first-order valence-electron chi connectivity index (χ1n) is 8.44. The van der Waals surface area contributed by atoms with Gasteiger partial charge in [-0.1, -0.05) is 0 Å². The van der Waals surface area contributed by atoms with Crippen LogP contribution >= 0.6 is 27.7 Å². The molecule has 0 aliphatic rings. The van der Waals surface area contributed by atoms with Gasteiger partial charge in [0.25, 0.3) is 0 Å². The highest BCUT2D eigenvalue weighted by atomic mass is 79.9. The van der Waals surface area contributed by atoms with E-state index in [2.05, 4.69) is 20.9 Å². The van der Waals surface area contributed by atoms with Crippen LogP contribution in [0.15, 0.2) is 64.2 Å². The number of ether oxygens (including phenoxy) is 1. The normalized spacial score (nSPS) is 12.0. The zero-order valence-electron chi connectivity index (χ0n) is 14.9. The van der Waals surface area contributed by atoms with Gasteiger partial charge < -0.3 is 4.74 Å². The SMILES string of the molecule is CCOc1ccc(SC(c2cnc(Br)cc2C)c2cc(F)ccc2F)cc1. The molecular weight excluding hydrogens is 432 g/mol. The summed E-state index contributed by atoms with van der Waals surface area (Å²) in [6.45, 7) is 4.45. The van der Waals surface area contributed by atoms with Gasteiger partial charge in [0.1, 0.15) is 22.0 Å². The third kappa shape index (κ3) is 4.87. The lowest BCUT2D eigenvalue weighted by atomic mass is 10.0. The molecule has 0 spiro atoms. The molecule has 0 bridgehead atoms. The van der Waals surface area contributed by atoms with Crippen molar-refractivity contribution in [1.82, 2.24) is 4.98 Å². The van der Waals surface area contributed by atoms with Crippen molar-refractivity contribution in [2.24, 2.45) is 0 Å². The minimum absolute atomic E-state index is 0.293. The van der Waals surface area contributed by atoms with Crippen LogP contribution in [0.2, 0.25) is 0 Å². The maximum Gasteiger partial charge on any atom is 0.128 e. The van der Waals surface area contributed by atoms with Crippen molar-refractivity contribution in [3.8, 4) is 5.75 Å². The summed E-state index contributed by atoms with van der Waals surface area (Å²) in [6.07, 6.45) is 1.70. The van der Waals surface area contributed by atoms with E-state index in [0.717, 1.165) is 33.9 Å². The average molecular weight is 450 g/mol. The van der Waals surface area contributed by atoms with Gasteiger partial charge in [0.2, 0.25) is 0 Å². The smallest absolute Gasteiger partial charge is 0.128 e. The van der Waals surface area contributed by atoms with E-state index in [-0.39, 0.29) is 0 Å². The minimum atomic E-state index is -0.466. The molecule has 0 fully saturated rings. The molecule has 27 heavy (non-hydrogen) atoms. The summed E-state index contributed by atoms with van der Waals surface area (Å²) >= 11 is 4.80. The molecule has 1 aromatic heterocycles. The molecule has 2 aromatic carbocycles. The molecule has 6 heteroatoms. The third-order valence-electron chi connectivity index (χ3n) is 4.03. The Balaban J connectivity index is 2.03. The Hall–Kier alpha value is -1.92. The fourth-order valence-electron chi connectivity index (χ4n) is 2.73. The molecule has 1 atom stereocenters. The second kappa shape index (κ2) is 8.85. The number of benzene rings is 2. The van der Waals surface area contributed by atoms with Crippen molar-refractivity contribution in [3.05, 3.63) is 87.7 Å². The number of nitrogens with zero attached hydrogens (tertiary/aromatic N) is 1. The van der Waals surface area contributed by atoms with Crippen LogP contribution in [0.4, 0.5) is 8.78 Å². The first kappa shape index (κ1) is 19.8. The van der Waals surface area contributed by atoms with Crippen molar-refractivity contribution in [1.29, 1.82) is 0 Å². The van der Waals surface area contributed by atoms with Gasteiger partial charge >= 0.3 is 0 Å². The summed E-state index contributed by atoms with van der Waals surface area (Å²) in [5, 5.41) is -0.431. The number of halogens is 3. The summed E-state index contributed by atoms with van der Waals surface area (Å²) < 4.78 is 34.6. The Labute approximate surface area is 170 Å². The fourth-order valence-corrected chi connectivity index (χ4v) is 4.43. The monoisotopic (exact) mass is 449 g/mol. The second-order valence-corrected chi connectivity index (χ2v) is 7.92. The zero-order chi connectivity index (χ0) is 19.4. The van der Waals surface area contributed by atoms with Crippen LogP contribution in [0, 0.1) is 18.6 Å². The van der Waals surface area contributed by atoms with Crippen LogP contribution in [0.5, 0.6) is 5.75 Å². The Kier molecular flexibility index (Phi) is 6.50. The molecule has 0 aliphatic carbocycles. The summed E-state index contributed by atoms with van der Waals surface area (Å²) in [7, 11) is 0. The van der Waals surface area contributed by atoms with Crippen molar-refractivity contribution in [2.75, 3.05) is 6.61 Å². The van der Waals surface area contributed by atoms with E-state index < -0.39 is 16.9 Å². The van der Waals surface area contributed by atoms with E-state index >= 15 is 0 Å². The van der Waals surface area contributed by atoms with E-state index in [1.165, 1.54) is 17.8 Å². The van der Waals surface area contributed by atoms with Crippen LogP contribution in [0.1, 0.15) is 28.9 Å². The molecule has 0 amide bonds. The van der Waals surface area contributed by atoms with Crippen LogP contribution in [0.25, 0.3) is 0 Å². The molecule has 3 aromatic rings. The molecule has 0 saturated carbocycles. The van der Waals surface area contributed by atoms with Gasteiger partial charge in [-0.05, 0) is 89.4 Å². The van der Waals surface area contributed by atoms with E-state index in [1.54, 1.807) is 6.20 Å². The lowest BCUT2D eigenvalue weighted by molar-refractivity contribution is 0.340. The van der Waals surface area contributed by atoms with Crippen LogP contribution in [-0.4, -0.2) is 11.6 Å². The Morgan fingerprint density at radius 3 is 2.48 bits per heavy atom. The largest absolute Gasteiger partial charge is 0.494 e. The van der Waals surface area contributed by atoms with Gasteiger partial charge in [-0.2, -0.15) is 0 Å². The van der Waals surface area contributed by atoms with Crippen LogP contribution in [-0.2, 0) is 0 Å². The van der Waals surface area contributed by atoms with Crippen molar-refractivity contribution < 1.29 is 13.5 Å². The van der Waals surface area contributed by atoms with E-state index in [0.29, 0.717) is 16.8 Å². The molecule has 0 aliphatic heterocycles. The molecular formula is C21H18BrF2NOS. The molecule has 0 radical (unpaired) electrons. The minimum Gasteiger partial charge on any atom is -0.494 e.